The van der Waals surface area contributed by atoms with Gasteiger partial charge in [0, 0.05) is 61.9 Å². The monoisotopic (exact) mass is 509 g/mol. The molecule has 2 aromatic heterocycles. The molecule has 1 aliphatic heterocycles. The largest absolute Gasteiger partial charge is 0.375 e. The first-order chi connectivity index (χ1) is 17.3. The second-order valence-electron chi connectivity index (χ2n) is 8.79. The van der Waals surface area contributed by atoms with E-state index in [1.54, 1.807) is 6.92 Å². The quantitative estimate of drug-likeness (QED) is 0.420. The van der Waals surface area contributed by atoms with E-state index in [4.69, 9.17) is 14.7 Å². The molecule has 1 fully saturated rings. The van der Waals surface area contributed by atoms with Gasteiger partial charge in [0.05, 0.1) is 0 Å². The van der Waals surface area contributed by atoms with Gasteiger partial charge in [0.15, 0.2) is 11.0 Å². The first-order valence-corrected chi connectivity index (χ1v) is 12.6. The van der Waals surface area contributed by atoms with Crippen LogP contribution in [0.25, 0.3) is 0 Å². The van der Waals surface area contributed by atoms with E-state index in [0.717, 1.165) is 27.5 Å². The summed E-state index contributed by atoms with van der Waals surface area (Å²) in [4.78, 5) is 38.3. The lowest BCUT2D eigenvalue weighted by Gasteiger charge is -2.36. The number of hydrogen-bond acceptors (Lipinski definition) is 9. The van der Waals surface area contributed by atoms with Gasteiger partial charge in [-0.2, -0.15) is 5.10 Å². The Bertz CT molecular complexity index is 1220. The highest BCUT2D eigenvalue weighted by Gasteiger charge is 2.25. The number of hydrogen-bond donors (Lipinski definition) is 2. The predicted octanol–water partition coefficient (Wildman–Crippen LogP) is 3.14. The van der Waals surface area contributed by atoms with Gasteiger partial charge in [-0.15, -0.1) is 0 Å². The van der Waals surface area contributed by atoms with Gasteiger partial charge in [-0.3, -0.25) is 14.7 Å². The number of piperazine rings is 1. The standard InChI is InChI=1S/C25H31N7O3S/c1-16-13-21(30-29-16)26-23-18(3)24(32-11-9-31(10-12-32)22(34)15-35-4)28-25(27-23)36-20-7-5-19(6-8-20)14-17(2)33/h5-8,13H,9-12,14-15H2,1-4H3,(H2,26,27,28,29,30). The van der Waals surface area contributed by atoms with E-state index in [1.165, 1.54) is 18.9 Å². The van der Waals surface area contributed by atoms with Crippen molar-refractivity contribution >= 4 is 40.9 Å². The number of Topliss-reactive ketones (excluding diaryl/α,β-unsaturated/α-hetero) is 1. The number of ether oxygens (including phenoxy) is 1. The number of rotatable bonds is 9. The number of ketones is 1. The summed E-state index contributed by atoms with van der Waals surface area (Å²) in [6.45, 7) is 8.15. The minimum absolute atomic E-state index is 0.00252. The van der Waals surface area contributed by atoms with Crippen molar-refractivity contribution < 1.29 is 14.3 Å². The third-order valence-corrected chi connectivity index (χ3v) is 6.71. The van der Waals surface area contributed by atoms with Crippen LogP contribution in [0.1, 0.15) is 23.7 Å². The average molecular weight is 510 g/mol. The second kappa shape index (κ2) is 11.5. The Morgan fingerprint density at radius 3 is 2.44 bits per heavy atom. The first-order valence-electron chi connectivity index (χ1n) is 11.8. The van der Waals surface area contributed by atoms with Crippen molar-refractivity contribution in [2.24, 2.45) is 0 Å². The highest BCUT2D eigenvalue weighted by Crippen LogP contribution is 2.32. The Kier molecular flexibility index (Phi) is 8.21. The van der Waals surface area contributed by atoms with Gasteiger partial charge in [-0.25, -0.2) is 9.97 Å². The van der Waals surface area contributed by atoms with Crippen LogP contribution in [0.2, 0.25) is 0 Å². The van der Waals surface area contributed by atoms with E-state index in [2.05, 4.69) is 20.4 Å². The molecule has 0 aliphatic carbocycles. The topological polar surface area (TPSA) is 116 Å². The lowest BCUT2D eigenvalue weighted by molar-refractivity contribution is -0.135. The second-order valence-corrected chi connectivity index (χ2v) is 9.83. The van der Waals surface area contributed by atoms with Crippen molar-refractivity contribution in [1.29, 1.82) is 0 Å². The molecule has 2 N–H and O–H groups in total. The molecule has 0 atom stereocenters. The highest BCUT2D eigenvalue weighted by atomic mass is 32.2. The van der Waals surface area contributed by atoms with Crippen LogP contribution in [0, 0.1) is 13.8 Å². The minimum Gasteiger partial charge on any atom is -0.375 e. The molecule has 0 radical (unpaired) electrons. The number of methoxy groups -OCH3 is 1. The number of H-pyrrole nitrogens is 1. The molecule has 4 rings (SSSR count). The number of benzene rings is 1. The number of carbonyl (C=O) groups is 2. The number of nitrogens with zero attached hydrogens (tertiary/aromatic N) is 5. The molecule has 0 bridgehead atoms. The fraction of sp³-hybridized carbons (Fsp3) is 0.400. The SMILES string of the molecule is COCC(=O)N1CCN(c2nc(Sc3ccc(CC(C)=O)cc3)nc(Nc3cc(C)[nH]n3)c2C)CC1. The van der Waals surface area contributed by atoms with Crippen LogP contribution in [-0.4, -0.2) is 76.7 Å². The van der Waals surface area contributed by atoms with Crippen LogP contribution in [0.3, 0.4) is 0 Å². The maximum Gasteiger partial charge on any atom is 0.248 e. The van der Waals surface area contributed by atoms with Crippen molar-refractivity contribution in [1.82, 2.24) is 25.1 Å². The fourth-order valence-corrected chi connectivity index (χ4v) is 4.77. The van der Waals surface area contributed by atoms with Crippen molar-refractivity contribution in [2.45, 2.75) is 37.2 Å². The number of anilines is 3. The summed E-state index contributed by atoms with van der Waals surface area (Å²) in [5.41, 5.74) is 2.84. The molecule has 0 saturated carbocycles. The molecule has 1 aromatic carbocycles. The molecule has 3 aromatic rings. The zero-order chi connectivity index (χ0) is 25.7. The molecule has 10 nitrogen and oxygen atoms in total. The molecule has 0 spiro atoms. The average Bonchev–Trinajstić information content (AvgIpc) is 3.26. The zero-order valence-electron chi connectivity index (χ0n) is 21.0. The maximum atomic E-state index is 12.2. The molecule has 190 valence electrons. The molecule has 36 heavy (non-hydrogen) atoms. The Balaban J connectivity index is 1.59. The summed E-state index contributed by atoms with van der Waals surface area (Å²) in [6.07, 6.45) is 0.423. The van der Waals surface area contributed by atoms with Crippen LogP contribution in [0.5, 0.6) is 0 Å². The summed E-state index contributed by atoms with van der Waals surface area (Å²) >= 11 is 1.46. The van der Waals surface area contributed by atoms with Gasteiger partial charge in [-0.1, -0.05) is 12.1 Å². The first kappa shape index (κ1) is 25.6. The van der Waals surface area contributed by atoms with E-state index in [0.29, 0.717) is 49.4 Å². The van der Waals surface area contributed by atoms with Crippen LogP contribution >= 0.6 is 11.8 Å². The Hall–Kier alpha value is -3.44. The van der Waals surface area contributed by atoms with Crippen molar-refractivity contribution in [3.63, 3.8) is 0 Å². The Labute approximate surface area is 214 Å². The van der Waals surface area contributed by atoms with Crippen LogP contribution < -0.4 is 10.2 Å². The van der Waals surface area contributed by atoms with E-state index >= 15 is 0 Å². The maximum absolute atomic E-state index is 12.2. The summed E-state index contributed by atoms with van der Waals surface area (Å²) < 4.78 is 5.00. The van der Waals surface area contributed by atoms with Gasteiger partial charge in [0.25, 0.3) is 0 Å². The molecule has 3 heterocycles. The number of nitrogens with one attached hydrogen (secondary N) is 2. The minimum atomic E-state index is -0.00252. The summed E-state index contributed by atoms with van der Waals surface area (Å²) in [5, 5.41) is 11.2. The van der Waals surface area contributed by atoms with E-state index in [-0.39, 0.29) is 18.3 Å². The Morgan fingerprint density at radius 1 is 1.11 bits per heavy atom. The van der Waals surface area contributed by atoms with Crippen molar-refractivity contribution in [3.8, 4) is 0 Å². The number of carbonyl (C=O) groups excluding carboxylic acids is 2. The normalized spacial score (nSPS) is 13.7. The lowest BCUT2D eigenvalue weighted by atomic mass is 10.1. The van der Waals surface area contributed by atoms with Gasteiger partial charge >= 0.3 is 0 Å². The summed E-state index contributed by atoms with van der Waals surface area (Å²) in [5.74, 6) is 2.32. The van der Waals surface area contributed by atoms with Crippen molar-refractivity contribution in [3.05, 3.63) is 47.2 Å². The van der Waals surface area contributed by atoms with Gasteiger partial charge in [0.1, 0.15) is 24.0 Å². The van der Waals surface area contributed by atoms with Gasteiger partial charge < -0.3 is 19.9 Å². The fourth-order valence-electron chi connectivity index (χ4n) is 4.01. The van der Waals surface area contributed by atoms with Gasteiger partial charge in [0.2, 0.25) is 5.91 Å². The Morgan fingerprint density at radius 2 is 1.83 bits per heavy atom. The van der Waals surface area contributed by atoms with Crippen LogP contribution in [0.4, 0.5) is 17.5 Å². The highest BCUT2D eigenvalue weighted by molar-refractivity contribution is 7.99. The third-order valence-electron chi connectivity index (χ3n) is 5.84. The molecule has 11 heteroatoms. The third kappa shape index (κ3) is 6.41. The number of aromatic nitrogens is 4. The molecule has 0 unspecified atom stereocenters. The van der Waals surface area contributed by atoms with E-state index in [1.807, 2.05) is 49.1 Å². The van der Waals surface area contributed by atoms with Crippen LogP contribution in [0.15, 0.2) is 40.4 Å². The van der Waals surface area contributed by atoms with Crippen molar-refractivity contribution in [2.75, 3.05) is 50.1 Å². The molecular formula is C25H31N7O3S. The number of aromatic amines is 1. The lowest BCUT2D eigenvalue weighted by Crippen LogP contribution is -2.50. The summed E-state index contributed by atoms with van der Waals surface area (Å²) in [7, 11) is 1.53. The van der Waals surface area contributed by atoms with Gasteiger partial charge in [-0.05, 0) is 50.2 Å². The molecule has 1 aliphatic rings. The molecular weight excluding hydrogens is 478 g/mol. The zero-order valence-corrected chi connectivity index (χ0v) is 21.8. The van der Waals surface area contributed by atoms with E-state index < -0.39 is 0 Å². The molecule has 1 saturated heterocycles. The predicted molar refractivity (Wildman–Crippen MR) is 139 cm³/mol. The number of amides is 1. The summed E-state index contributed by atoms with van der Waals surface area (Å²) in [6, 6.07) is 9.80. The molecule has 1 amide bonds. The van der Waals surface area contributed by atoms with Crippen LogP contribution in [-0.2, 0) is 20.7 Å². The van der Waals surface area contributed by atoms with E-state index in [9.17, 15) is 9.59 Å². The smallest absolute Gasteiger partial charge is 0.248 e. The number of aryl methyl sites for hydroxylation is 1.